The molecule has 0 amide bonds. The van der Waals surface area contributed by atoms with Crippen LogP contribution in [-0.4, -0.2) is 19.7 Å². The first-order valence-corrected chi connectivity index (χ1v) is 6.10. The zero-order chi connectivity index (χ0) is 12.1. The molecule has 2 nitrogen and oxygen atoms in total. The topological polar surface area (TPSA) is 21.3 Å². The van der Waals surface area contributed by atoms with E-state index in [1.54, 1.807) is 6.07 Å². The van der Waals surface area contributed by atoms with Gasteiger partial charge >= 0.3 is 0 Å². The van der Waals surface area contributed by atoms with Gasteiger partial charge in [0.05, 0.1) is 4.47 Å². The van der Waals surface area contributed by atoms with E-state index in [1.807, 2.05) is 7.05 Å². The molecule has 1 unspecified atom stereocenters. The van der Waals surface area contributed by atoms with Crippen LogP contribution in [0.4, 0.5) is 4.39 Å². The molecule has 0 fully saturated rings. The van der Waals surface area contributed by atoms with Crippen LogP contribution in [0.1, 0.15) is 13.8 Å². The summed E-state index contributed by atoms with van der Waals surface area (Å²) in [5, 5.41) is 3.09. The highest BCUT2D eigenvalue weighted by Gasteiger charge is 2.15. The Bertz CT molecular complexity index is 344. The molecule has 0 saturated carbocycles. The summed E-state index contributed by atoms with van der Waals surface area (Å²) in [4.78, 5) is 0. The second-order valence-corrected chi connectivity index (χ2v) is 4.89. The molecule has 0 spiro atoms. The Morgan fingerprint density at radius 2 is 2.12 bits per heavy atom. The predicted octanol–water partition coefficient (Wildman–Crippen LogP) is 3.21. The van der Waals surface area contributed by atoms with Gasteiger partial charge in [-0.05, 0) is 47.1 Å². The van der Waals surface area contributed by atoms with E-state index >= 15 is 0 Å². The lowest BCUT2D eigenvalue weighted by Crippen LogP contribution is -2.33. The van der Waals surface area contributed by atoms with Gasteiger partial charge in [0.25, 0.3) is 0 Å². The highest BCUT2D eigenvalue weighted by Crippen LogP contribution is 2.27. The summed E-state index contributed by atoms with van der Waals surface area (Å²) in [6.45, 7) is 4.96. The highest BCUT2D eigenvalue weighted by molar-refractivity contribution is 9.10. The van der Waals surface area contributed by atoms with Gasteiger partial charge < -0.3 is 10.1 Å². The summed E-state index contributed by atoms with van der Waals surface area (Å²) in [6, 6.07) is 4.45. The smallest absolute Gasteiger partial charge is 0.134 e. The Morgan fingerprint density at radius 3 is 2.62 bits per heavy atom. The van der Waals surface area contributed by atoms with Gasteiger partial charge in [0.1, 0.15) is 17.7 Å². The molecule has 0 aliphatic heterocycles. The second kappa shape index (κ2) is 6.21. The lowest BCUT2D eigenvalue weighted by atomic mass is 10.1. The molecule has 0 radical (unpaired) electrons. The van der Waals surface area contributed by atoms with E-state index in [0.29, 0.717) is 16.1 Å². The van der Waals surface area contributed by atoms with Crippen LogP contribution in [0.2, 0.25) is 0 Å². The molecule has 0 aliphatic carbocycles. The molecule has 1 N–H and O–H groups in total. The van der Waals surface area contributed by atoms with Crippen molar-refractivity contribution in [1.29, 1.82) is 0 Å². The number of rotatable bonds is 5. The molecule has 1 aromatic rings. The molecule has 16 heavy (non-hydrogen) atoms. The monoisotopic (exact) mass is 289 g/mol. The van der Waals surface area contributed by atoms with E-state index in [-0.39, 0.29) is 11.9 Å². The van der Waals surface area contributed by atoms with E-state index in [9.17, 15) is 4.39 Å². The van der Waals surface area contributed by atoms with E-state index < -0.39 is 0 Å². The molecule has 1 atom stereocenters. The van der Waals surface area contributed by atoms with Crippen LogP contribution in [-0.2, 0) is 0 Å². The molecule has 0 heterocycles. The second-order valence-electron chi connectivity index (χ2n) is 4.03. The van der Waals surface area contributed by atoms with E-state index in [1.165, 1.54) is 12.1 Å². The molecular formula is C12H17BrFNO. The zero-order valence-electron chi connectivity index (χ0n) is 9.76. The number of benzene rings is 1. The Labute approximate surface area is 104 Å². The van der Waals surface area contributed by atoms with Gasteiger partial charge in [-0.1, -0.05) is 13.8 Å². The fraction of sp³-hybridized carbons (Fsp3) is 0.500. The molecule has 0 saturated heterocycles. The van der Waals surface area contributed by atoms with Crippen molar-refractivity contribution in [3.05, 3.63) is 28.5 Å². The third-order valence-corrected chi connectivity index (χ3v) is 2.94. The number of hydrogen-bond acceptors (Lipinski definition) is 2. The molecule has 0 aromatic heterocycles. The summed E-state index contributed by atoms with van der Waals surface area (Å²) >= 11 is 3.29. The predicted molar refractivity (Wildman–Crippen MR) is 67.3 cm³/mol. The van der Waals surface area contributed by atoms with Gasteiger partial charge in [0, 0.05) is 6.54 Å². The number of nitrogens with one attached hydrogen (secondary N) is 1. The van der Waals surface area contributed by atoms with Gasteiger partial charge in [-0.15, -0.1) is 0 Å². The highest BCUT2D eigenvalue weighted by atomic mass is 79.9. The van der Waals surface area contributed by atoms with Crippen molar-refractivity contribution in [1.82, 2.24) is 5.32 Å². The number of hydrogen-bond donors (Lipinski definition) is 1. The molecule has 4 heteroatoms. The summed E-state index contributed by atoms with van der Waals surface area (Å²) in [6.07, 6.45) is 0.0757. The number of likely N-dealkylation sites (N-methyl/N-ethyl adjacent to an activating group) is 1. The van der Waals surface area contributed by atoms with E-state index in [0.717, 1.165) is 6.54 Å². The first kappa shape index (κ1) is 13.5. The van der Waals surface area contributed by atoms with E-state index in [2.05, 4.69) is 35.1 Å². The maximum atomic E-state index is 12.9. The Morgan fingerprint density at radius 1 is 1.44 bits per heavy atom. The van der Waals surface area contributed by atoms with Crippen LogP contribution >= 0.6 is 15.9 Å². The quantitative estimate of drug-likeness (QED) is 0.899. The Kier molecular flexibility index (Phi) is 5.22. The normalized spacial score (nSPS) is 12.9. The van der Waals surface area contributed by atoms with Crippen molar-refractivity contribution >= 4 is 15.9 Å². The lowest BCUT2D eigenvalue weighted by Gasteiger charge is -2.23. The number of ether oxygens (including phenoxy) is 1. The zero-order valence-corrected chi connectivity index (χ0v) is 11.3. The maximum absolute atomic E-state index is 12.9. The van der Waals surface area contributed by atoms with Gasteiger partial charge in [-0.25, -0.2) is 4.39 Å². The average molecular weight is 290 g/mol. The summed E-state index contributed by atoms with van der Waals surface area (Å²) in [5.74, 6) is 0.800. The Hall–Kier alpha value is -0.610. The van der Waals surface area contributed by atoms with Crippen LogP contribution in [0.3, 0.4) is 0 Å². The minimum atomic E-state index is -0.270. The van der Waals surface area contributed by atoms with Crippen molar-refractivity contribution in [2.75, 3.05) is 13.6 Å². The summed E-state index contributed by atoms with van der Waals surface area (Å²) < 4.78 is 19.4. The maximum Gasteiger partial charge on any atom is 0.134 e. The first-order chi connectivity index (χ1) is 7.54. The van der Waals surface area contributed by atoms with Gasteiger partial charge in [0.2, 0.25) is 0 Å². The van der Waals surface area contributed by atoms with Crippen LogP contribution in [0.15, 0.2) is 22.7 Å². The third kappa shape index (κ3) is 3.76. The minimum Gasteiger partial charge on any atom is -0.488 e. The number of halogens is 2. The van der Waals surface area contributed by atoms with E-state index in [4.69, 9.17) is 4.74 Å². The van der Waals surface area contributed by atoms with Crippen molar-refractivity contribution in [2.45, 2.75) is 20.0 Å². The Balaban J connectivity index is 2.77. The van der Waals surface area contributed by atoms with Gasteiger partial charge in [0.15, 0.2) is 0 Å². The van der Waals surface area contributed by atoms with Crippen molar-refractivity contribution < 1.29 is 9.13 Å². The summed E-state index contributed by atoms with van der Waals surface area (Å²) in [7, 11) is 1.89. The van der Waals surface area contributed by atoms with Crippen LogP contribution < -0.4 is 10.1 Å². The van der Waals surface area contributed by atoms with Gasteiger partial charge in [-0.2, -0.15) is 0 Å². The average Bonchev–Trinajstić information content (AvgIpc) is 2.20. The molecule has 0 aliphatic rings. The SMILES string of the molecule is CNCC(Oc1ccc(F)cc1Br)C(C)C. The standard InChI is InChI=1S/C12H17BrFNO/c1-8(2)12(7-15-3)16-11-5-4-9(14)6-10(11)13/h4-6,8,12,15H,7H2,1-3H3. The third-order valence-electron chi connectivity index (χ3n) is 2.32. The van der Waals surface area contributed by atoms with Crippen molar-refractivity contribution in [3.8, 4) is 5.75 Å². The molecule has 1 rings (SSSR count). The molecule has 90 valence electrons. The first-order valence-electron chi connectivity index (χ1n) is 5.31. The minimum absolute atomic E-state index is 0.0757. The fourth-order valence-electron chi connectivity index (χ4n) is 1.35. The summed E-state index contributed by atoms with van der Waals surface area (Å²) in [5.41, 5.74) is 0. The lowest BCUT2D eigenvalue weighted by molar-refractivity contribution is 0.150. The van der Waals surface area contributed by atoms with Crippen molar-refractivity contribution in [2.24, 2.45) is 5.92 Å². The van der Waals surface area contributed by atoms with Crippen LogP contribution in [0.5, 0.6) is 5.75 Å². The molecule has 0 bridgehead atoms. The fourth-order valence-corrected chi connectivity index (χ4v) is 1.79. The molecule has 1 aromatic carbocycles. The van der Waals surface area contributed by atoms with Gasteiger partial charge in [-0.3, -0.25) is 0 Å². The van der Waals surface area contributed by atoms with Crippen molar-refractivity contribution in [3.63, 3.8) is 0 Å². The largest absolute Gasteiger partial charge is 0.488 e. The van der Waals surface area contributed by atoms with Crippen LogP contribution in [0.25, 0.3) is 0 Å². The van der Waals surface area contributed by atoms with Crippen LogP contribution in [0, 0.1) is 11.7 Å². The molecular weight excluding hydrogens is 273 g/mol.